The van der Waals surface area contributed by atoms with Crippen molar-refractivity contribution in [1.82, 2.24) is 4.90 Å². The molecule has 1 aliphatic heterocycles. The second-order valence-electron chi connectivity index (χ2n) is 6.06. The van der Waals surface area contributed by atoms with Crippen LogP contribution in [-0.4, -0.2) is 31.1 Å². The molecule has 0 aromatic heterocycles. The number of ether oxygens (including phenoxy) is 1. The third kappa shape index (κ3) is 3.15. The van der Waals surface area contributed by atoms with E-state index in [-0.39, 0.29) is 5.54 Å². The second-order valence-corrected chi connectivity index (χ2v) is 6.06. The molecule has 1 aromatic rings. The predicted molar refractivity (Wildman–Crippen MR) is 84.0 cm³/mol. The normalized spacial score (nSPS) is 20.6. The van der Waals surface area contributed by atoms with E-state index in [9.17, 15) is 0 Å². The molecule has 112 valence electrons. The lowest BCUT2D eigenvalue weighted by atomic mass is 9.82. The van der Waals surface area contributed by atoms with Crippen LogP contribution in [0.15, 0.2) is 24.3 Å². The molecule has 1 fully saturated rings. The van der Waals surface area contributed by atoms with Gasteiger partial charge in [-0.2, -0.15) is 0 Å². The molecule has 2 rings (SSSR count). The lowest BCUT2D eigenvalue weighted by molar-refractivity contribution is 0.145. The molecule has 0 amide bonds. The van der Waals surface area contributed by atoms with E-state index in [1.807, 2.05) is 12.1 Å². The van der Waals surface area contributed by atoms with Gasteiger partial charge in [0.1, 0.15) is 5.75 Å². The topological polar surface area (TPSA) is 38.5 Å². The SMILES string of the molecule is CCCC(N1CCCC1)C(C)(N)c1ccc(OC)cc1. The number of rotatable bonds is 6. The van der Waals surface area contributed by atoms with E-state index in [4.69, 9.17) is 10.5 Å². The molecular formula is C17H28N2O. The van der Waals surface area contributed by atoms with E-state index in [1.54, 1.807) is 7.11 Å². The lowest BCUT2D eigenvalue weighted by Crippen LogP contribution is -2.53. The maximum Gasteiger partial charge on any atom is 0.118 e. The molecule has 3 nitrogen and oxygen atoms in total. The monoisotopic (exact) mass is 276 g/mol. The zero-order valence-electron chi connectivity index (χ0n) is 13.1. The minimum absolute atomic E-state index is 0.313. The summed E-state index contributed by atoms with van der Waals surface area (Å²) in [6.07, 6.45) is 4.93. The zero-order chi connectivity index (χ0) is 14.6. The molecule has 0 bridgehead atoms. The fourth-order valence-corrected chi connectivity index (χ4v) is 3.33. The van der Waals surface area contributed by atoms with E-state index in [2.05, 4.69) is 30.9 Å². The highest BCUT2D eigenvalue weighted by Gasteiger charge is 2.36. The van der Waals surface area contributed by atoms with Crippen molar-refractivity contribution in [3.05, 3.63) is 29.8 Å². The Hall–Kier alpha value is -1.06. The van der Waals surface area contributed by atoms with E-state index < -0.39 is 0 Å². The molecule has 2 N–H and O–H groups in total. The van der Waals surface area contributed by atoms with Gasteiger partial charge >= 0.3 is 0 Å². The van der Waals surface area contributed by atoms with Crippen molar-refractivity contribution < 1.29 is 4.74 Å². The molecule has 1 aliphatic rings. The van der Waals surface area contributed by atoms with Crippen molar-refractivity contribution in [1.29, 1.82) is 0 Å². The van der Waals surface area contributed by atoms with Crippen LogP contribution in [0.25, 0.3) is 0 Å². The summed E-state index contributed by atoms with van der Waals surface area (Å²) >= 11 is 0. The molecule has 1 aromatic carbocycles. The van der Waals surface area contributed by atoms with Gasteiger partial charge < -0.3 is 10.5 Å². The van der Waals surface area contributed by atoms with E-state index in [1.165, 1.54) is 37.9 Å². The number of nitrogens with two attached hydrogens (primary N) is 1. The Morgan fingerprint density at radius 2 is 1.85 bits per heavy atom. The molecule has 2 unspecified atom stereocenters. The van der Waals surface area contributed by atoms with Gasteiger partial charge in [-0.25, -0.2) is 0 Å². The molecule has 0 aliphatic carbocycles. The Morgan fingerprint density at radius 3 is 2.35 bits per heavy atom. The first kappa shape index (κ1) is 15.3. The van der Waals surface area contributed by atoms with E-state index in [0.29, 0.717) is 6.04 Å². The molecule has 2 atom stereocenters. The van der Waals surface area contributed by atoms with Crippen LogP contribution in [0.4, 0.5) is 0 Å². The van der Waals surface area contributed by atoms with Crippen molar-refractivity contribution in [2.45, 2.75) is 51.1 Å². The molecule has 1 saturated heterocycles. The fraction of sp³-hybridized carbons (Fsp3) is 0.647. The van der Waals surface area contributed by atoms with Crippen LogP contribution >= 0.6 is 0 Å². The maximum atomic E-state index is 6.76. The van der Waals surface area contributed by atoms with Gasteiger partial charge in [0.15, 0.2) is 0 Å². The smallest absolute Gasteiger partial charge is 0.118 e. The fourth-order valence-electron chi connectivity index (χ4n) is 3.33. The van der Waals surface area contributed by atoms with Crippen LogP contribution in [0.3, 0.4) is 0 Å². The molecule has 0 saturated carbocycles. The van der Waals surface area contributed by atoms with Gasteiger partial charge in [-0.3, -0.25) is 4.90 Å². The lowest BCUT2D eigenvalue weighted by Gasteiger charge is -2.40. The molecule has 20 heavy (non-hydrogen) atoms. The molecular weight excluding hydrogens is 248 g/mol. The average molecular weight is 276 g/mol. The Morgan fingerprint density at radius 1 is 1.25 bits per heavy atom. The highest BCUT2D eigenvalue weighted by atomic mass is 16.5. The van der Waals surface area contributed by atoms with Crippen LogP contribution < -0.4 is 10.5 Å². The zero-order valence-corrected chi connectivity index (χ0v) is 13.1. The van der Waals surface area contributed by atoms with E-state index in [0.717, 1.165) is 12.2 Å². The van der Waals surface area contributed by atoms with Gasteiger partial charge in [0.05, 0.1) is 12.6 Å². The Kier molecular flexibility index (Phi) is 5.06. The second kappa shape index (κ2) is 6.59. The molecule has 3 heteroatoms. The number of methoxy groups -OCH3 is 1. The average Bonchev–Trinajstić information content (AvgIpc) is 2.98. The number of hydrogen-bond donors (Lipinski definition) is 1. The van der Waals surface area contributed by atoms with Crippen LogP contribution in [0, 0.1) is 0 Å². The molecule has 0 radical (unpaired) electrons. The van der Waals surface area contributed by atoms with Crippen molar-refractivity contribution in [3.63, 3.8) is 0 Å². The van der Waals surface area contributed by atoms with Crippen LogP contribution in [0.5, 0.6) is 5.75 Å². The first-order valence-electron chi connectivity index (χ1n) is 7.77. The van der Waals surface area contributed by atoms with Crippen LogP contribution in [0.1, 0.15) is 45.1 Å². The highest BCUT2D eigenvalue weighted by Crippen LogP contribution is 2.31. The third-order valence-electron chi connectivity index (χ3n) is 4.55. The van der Waals surface area contributed by atoms with Crippen molar-refractivity contribution in [3.8, 4) is 5.75 Å². The standard InChI is InChI=1S/C17H28N2O/c1-4-7-16(19-12-5-6-13-19)17(2,18)14-8-10-15(20-3)11-9-14/h8-11,16H,4-7,12-13,18H2,1-3H3. The van der Waals surface area contributed by atoms with Crippen molar-refractivity contribution >= 4 is 0 Å². The minimum Gasteiger partial charge on any atom is -0.497 e. The van der Waals surface area contributed by atoms with Gasteiger partial charge in [-0.15, -0.1) is 0 Å². The van der Waals surface area contributed by atoms with Gasteiger partial charge in [0.25, 0.3) is 0 Å². The summed E-state index contributed by atoms with van der Waals surface area (Å²) in [7, 11) is 1.70. The number of hydrogen-bond acceptors (Lipinski definition) is 3. The summed E-state index contributed by atoms with van der Waals surface area (Å²) in [4.78, 5) is 2.58. The first-order chi connectivity index (χ1) is 9.59. The largest absolute Gasteiger partial charge is 0.497 e. The number of benzene rings is 1. The Labute approximate surface area is 123 Å². The summed E-state index contributed by atoms with van der Waals surface area (Å²) in [6, 6.07) is 8.65. The summed E-state index contributed by atoms with van der Waals surface area (Å²) in [5.41, 5.74) is 7.64. The van der Waals surface area contributed by atoms with Gasteiger partial charge in [-0.05, 0) is 57.0 Å². The van der Waals surface area contributed by atoms with E-state index >= 15 is 0 Å². The summed E-state index contributed by atoms with van der Waals surface area (Å²) in [5.74, 6) is 0.887. The van der Waals surface area contributed by atoms with Gasteiger partial charge in [-0.1, -0.05) is 25.5 Å². The van der Waals surface area contributed by atoms with Crippen LogP contribution in [-0.2, 0) is 5.54 Å². The quantitative estimate of drug-likeness (QED) is 0.867. The molecule has 1 heterocycles. The Balaban J connectivity index is 2.23. The van der Waals surface area contributed by atoms with Crippen LogP contribution in [0.2, 0.25) is 0 Å². The summed E-state index contributed by atoms with van der Waals surface area (Å²) in [5, 5.41) is 0. The summed E-state index contributed by atoms with van der Waals surface area (Å²) in [6.45, 7) is 6.79. The van der Waals surface area contributed by atoms with Gasteiger partial charge in [0.2, 0.25) is 0 Å². The van der Waals surface area contributed by atoms with Crippen molar-refractivity contribution in [2.75, 3.05) is 20.2 Å². The predicted octanol–water partition coefficient (Wildman–Crippen LogP) is 3.13. The first-order valence-corrected chi connectivity index (χ1v) is 7.77. The highest BCUT2D eigenvalue weighted by molar-refractivity contribution is 5.32. The third-order valence-corrected chi connectivity index (χ3v) is 4.55. The maximum absolute atomic E-state index is 6.76. The van der Waals surface area contributed by atoms with Crippen molar-refractivity contribution in [2.24, 2.45) is 5.73 Å². The number of nitrogens with zero attached hydrogens (tertiary/aromatic N) is 1. The Bertz CT molecular complexity index is 408. The molecule has 0 spiro atoms. The van der Waals surface area contributed by atoms with Gasteiger partial charge in [0, 0.05) is 6.04 Å². The minimum atomic E-state index is -0.313. The number of likely N-dealkylation sites (tertiary alicyclic amines) is 1. The summed E-state index contributed by atoms with van der Waals surface area (Å²) < 4.78 is 5.24.